The van der Waals surface area contributed by atoms with Crippen LogP contribution in [-0.2, 0) is 0 Å². The summed E-state index contributed by atoms with van der Waals surface area (Å²) in [7, 11) is 0. The smallest absolute Gasteiger partial charge is 0.179 e. The van der Waals surface area contributed by atoms with Gasteiger partial charge in [-0.3, -0.25) is 4.98 Å². The Bertz CT molecular complexity index is 388. The lowest BCUT2D eigenvalue weighted by Crippen LogP contribution is -1.85. The lowest BCUT2D eigenvalue weighted by atomic mass is 10.4. The van der Waals surface area contributed by atoms with Gasteiger partial charge in [-0.2, -0.15) is 0 Å². The van der Waals surface area contributed by atoms with Gasteiger partial charge in [0.15, 0.2) is 5.65 Å². The van der Waals surface area contributed by atoms with E-state index in [1.807, 2.05) is 12.1 Å². The van der Waals surface area contributed by atoms with Crippen molar-refractivity contribution in [3.05, 3.63) is 29.1 Å². The number of hydrogen-bond acceptors (Lipinski definition) is 3. The maximum atomic E-state index is 4.12. The van der Waals surface area contributed by atoms with Crippen LogP contribution in [0.1, 0.15) is 0 Å². The van der Waals surface area contributed by atoms with Gasteiger partial charge in [-0.1, -0.05) is 0 Å². The Morgan fingerprint density at radius 3 is 2.82 bits per heavy atom. The van der Waals surface area contributed by atoms with Crippen molar-refractivity contribution in [1.29, 1.82) is 0 Å². The molecule has 2 rings (SSSR count). The minimum absolute atomic E-state index is 0.668. The van der Waals surface area contributed by atoms with E-state index in [1.54, 1.807) is 12.4 Å². The van der Waals surface area contributed by atoms with Gasteiger partial charge in [-0.25, -0.2) is 9.97 Å². The molecular weight excluding hydrogens is 206 g/mol. The Balaban J connectivity index is 2.83. The van der Waals surface area contributed by atoms with E-state index in [4.69, 9.17) is 0 Å². The van der Waals surface area contributed by atoms with Crippen LogP contribution >= 0.6 is 15.9 Å². The van der Waals surface area contributed by atoms with Crippen molar-refractivity contribution in [1.82, 2.24) is 15.0 Å². The van der Waals surface area contributed by atoms with Crippen molar-refractivity contribution in [3.8, 4) is 0 Å². The summed E-state index contributed by atoms with van der Waals surface area (Å²) < 4.78 is 0.783. The first-order valence-electron chi connectivity index (χ1n) is 3.09. The first kappa shape index (κ1) is 6.67. The van der Waals surface area contributed by atoms with E-state index < -0.39 is 0 Å². The minimum atomic E-state index is 0.668. The van der Waals surface area contributed by atoms with Crippen LogP contribution in [0.4, 0.5) is 0 Å². The number of pyridine rings is 1. The Morgan fingerprint density at radius 1 is 1.09 bits per heavy atom. The molecule has 0 unspecified atom stereocenters. The highest BCUT2D eigenvalue weighted by atomic mass is 79.9. The summed E-state index contributed by atoms with van der Waals surface area (Å²) >= 11 is 3.25. The quantitative estimate of drug-likeness (QED) is 0.622. The second kappa shape index (κ2) is 2.54. The zero-order valence-electron chi connectivity index (χ0n) is 5.53. The highest BCUT2D eigenvalue weighted by molar-refractivity contribution is 9.10. The highest BCUT2D eigenvalue weighted by Gasteiger charge is 1.94. The zero-order valence-corrected chi connectivity index (χ0v) is 7.12. The summed E-state index contributed by atoms with van der Waals surface area (Å²) in [5.41, 5.74) is 1.48. The predicted molar refractivity (Wildman–Crippen MR) is 45.0 cm³/mol. The third-order valence-electron chi connectivity index (χ3n) is 1.30. The molecule has 2 aromatic heterocycles. The maximum Gasteiger partial charge on any atom is 0.179 e. The van der Waals surface area contributed by atoms with Gasteiger partial charge in [0, 0.05) is 12.4 Å². The molecule has 0 amide bonds. The first-order chi connectivity index (χ1) is 5.36. The van der Waals surface area contributed by atoms with E-state index in [0.717, 1.165) is 10.1 Å². The molecule has 0 saturated heterocycles. The van der Waals surface area contributed by atoms with Crippen molar-refractivity contribution in [2.24, 2.45) is 0 Å². The molecule has 0 fully saturated rings. The number of halogens is 1. The summed E-state index contributed by atoms with van der Waals surface area (Å²) in [4.78, 5) is 12.2. The van der Waals surface area contributed by atoms with Crippen LogP contribution in [-0.4, -0.2) is 15.0 Å². The van der Waals surface area contributed by atoms with Gasteiger partial charge in [-0.15, -0.1) is 0 Å². The summed E-state index contributed by atoms with van der Waals surface area (Å²) in [5.74, 6) is 0. The largest absolute Gasteiger partial charge is 0.251 e. The van der Waals surface area contributed by atoms with Crippen LogP contribution in [0, 0.1) is 0 Å². The van der Waals surface area contributed by atoms with Crippen molar-refractivity contribution in [2.45, 2.75) is 0 Å². The highest BCUT2D eigenvalue weighted by Crippen LogP contribution is 2.10. The molecule has 11 heavy (non-hydrogen) atoms. The minimum Gasteiger partial charge on any atom is -0.251 e. The first-order valence-corrected chi connectivity index (χ1v) is 3.89. The molecular formula is C7H4BrN3. The monoisotopic (exact) mass is 209 g/mol. The molecule has 0 atom stereocenters. The molecule has 2 heterocycles. The van der Waals surface area contributed by atoms with Crippen LogP contribution in [0.2, 0.25) is 0 Å². The summed E-state index contributed by atoms with van der Waals surface area (Å²) in [6.07, 6.45) is 3.28. The second-order valence-electron chi connectivity index (χ2n) is 2.03. The molecule has 0 aliphatic rings. The van der Waals surface area contributed by atoms with Crippen LogP contribution in [0.5, 0.6) is 0 Å². The standard InChI is InChI=1S/C7H4BrN3/c8-6-2-1-5-7(11-6)10-4-3-9-5/h1-4H. The zero-order chi connectivity index (χ0) is 7.68. The third kappa shape index (κ3) is 1.21. The molecule has 2 aromatic rings. The molecule has 0 aromatic carbocycles. The number of fused-ring (bicyclic) bond motifs is 1. The molecule has 0 N–H and O–H groups in total. The Labute approximate surface area is 71.6 Å². The Morgan fingerprint density at radius 2 is 1.91 bits per heavy atom. The van der Waals surface area contributed by atoms with Gasteiger partial charge in [0.25, 0.3) is 0 Å². The fourth-order valence-electron chi connectivity index (χ4n) is 0.831. The molecule has 0 aliphatic heterocycles. The average molecular weight is 210 g/mol. The normalized spacial score (nSPS) is 10.3. The van der Waals surface area contributed by atoms with Gasteiger partial charge >= 0.3 is 0 Å². The molecule has 4 heteroatoms. The van der Waals surface area contributed by atoms with Crippen LogP contribution in [0.3, 0.4) is 0 Å². The molecule has 0 spiro atoms. The fourth-order valence-corrected chi connectivity index (χ4v) is 1.13. The van der Waals surface area contributed by atoms with Crippen molar-refractivity contribution in [3.63, 3.8) is 0 Å². The van der Waals surface area contributed by atoms with Crippen LogP contribution in [0.25, 0.3) is 11.2 Å². The van der Waals surface area contributed by atoms with Gasteiger partial charge < -0.3 is 0 Å². The maximum absolute atomic E-state index is 4.12. The molecule has 0 aliphatic carbocycles. The second-order valence-corrected chi connectivity index (χ2v) is 2.85. The SMILES string of the molecule is Brc1ccc2nccnc2n1. The van der Waals surface area contributed by atoms with Gasteiger partial charge in [0.05, 0.1) is 0 Å². The lowest BCUT2D eigenvalue weighted by Gasteiger charge is -1.93. The van der Waals surface area contributed by atoms with Crippen molar-refractivity contribution < 1.29 is 0 Å². The van der Waals surface area contributed by atoms with Crippen LogP contribution < -0.4 is 0 Å². The topological polar surface area (TPSA) is 38.7 Å². The number of hydrogen-bond donors (Lipinski definition) is 0. The van der Waals surface area contributed by atoms with E-state index >= 15 is 0 Å². The fraction of sp³-hybridized carbons (Fsp3) is 0. The van der Waals surface area contributed by atoms with Gasteiger partial charge in [0.2, 0.25) is 0 Å². The third-order valence-corrected chi connectivity index (χ3v) is 1.74. The van der Waals surface area contributed by atoms with E-state index in [2.05, 4.69) is 30.9 Å². The number of aromatic nitrogens is 3. The van der Waals surface area contributed by atoms with E-state index in [-0.39, 0.29) is 0 Å². The summed E-state index contributed by atoms with van der Waals surface area (Å²) in [6, 6.07) is 3.72. The van der Waals surface area contributed by atoms with E-state index in [9.17, 15) is 0 Å². The molecule has 3 nitrogen and oxygen atoms in total. The Kier molecular flexibility index (Phi) is 1.54. The predicted octanol–water partition coefficient (Wildman–Crippen LogP) is 1.79. The van der Waals surface area contributed by atoms with E-state index in [1.165, 1.54) is 0 Å². The lowest BCUT2D eigenvalue weighted by molar-refractivity contribution is 1.20. The van der Waals surface area contributed by atoms with Crippen molar-refractivity contribution >= 4 is 27.1 Å². The average Bonchev–Trinajstić information content (AvgIpc) is 2.04. The number of nitrogens with zero attached hydrogens (tertiary/aromatic N) is 3. The van der Waals surface area contributed by atoms with Crippen molar-refractivity contribution in [2.75, 3.05) is 0 Å². The molecule has 0 saturated carbocycles. The molecule has 54 valence electrons. The van der Waals surface area contributed by atoms with Gasteiger partial charge in [-0.05, 0) is 28.1 Å². The van der Waals surface area contributed by atoms with Gasteiger partial charge in [0.1, 0.15) is 10.1 Å². The summed E-state index contributed by atoms with van der Waals surface area (Å²) in [6.45, 7) is 0. The van der Waals surface area contributed by atoms with E-state index in [0.29, 0.717) is 5.65 Å². The molecule has 0 radical (unpaired) electrons. The summed E-state index contributed by atoms with van der Waals surface area (Å²) in [5, 5.41) is 0. The Hall–Kier alpha value is -1.03. The van der Waals surface area contributed by atoms with Crippen LogP contribution in [0.15, 0.2) is 29.1 Å². The molecule has 0 bridgehead atoms. The number of rotatable bonds is 0.